The first-order valence-electron chi connectivity index (χ1n) is 6.88. The van der Waals surface area contributed by atoms with Gasteiger partial charge in [-0.15, -0.1) is 0 Å². The van der Waals surface area contributed by atoms with Gasteiger partial charge in [0.05, 0.1) is 6.61 Å². The van der Waals surface area contributed by atoms with Gasteiger partial charge in [-0.25, -0.2) is 0 Å². The summed E-state index contributed by atoms with van der Waals surface area (Å²) >= 11 is 0. The Balaban J connectivity index is 1.96. The van der Waals surface area contributed by atoms with Crippen LogP contribution >= 0.6 is 0 Å². The first-order valence-corrected chi connectivity index (χ1v) is 6.88. The molecule has 2 aromatic carbocycles. The fourth-order valence-electron chi connectivity index (χ4n) is 1.90. The van der Waals surface area contributed by atoms with E-state index in [2.05, 4.69) is 0 Å². The molecular weight excluding hydrogens is 268 g/mol. The zero-order valence-corrected chi connectivity index (χ0v) is 12.1. The fourth-order valence-corrected chi connectivity index (χ4v) is 1.90. The largest absolute Gasteiger partial charge is 0.491 e. The Hall–Kier alpha value is -2.04. The van der Waals surface area contributed by atoms with Crippen LogP contribution in [0.2, 0.25) is 0 Å². The van der Waals surface area contributed by atoms with Crippen LogP contribution in [0.4, 0.5) is 0 Å². The van der Waals surface area contributed by atoms with Crippen molar-refractivity contribution in [3.8, 4) is 11.5 Å². The fraction of sp³-hybridized carbons (Fsp3) is 0.294. The number of hydrogen-bond acceptors (Lipinski definition) is 4. The normalized spacial score (nSPS) is 11.9. The van der Waals surface area contributed by atoms with Crippen LogP contribution in [-0.4, -0.2) is 32.0 Å². The highest BCUT2D eigenvalue weighted by Gasteiger charge is 2.14. The molecule has 0 fully saturated rings. The van der Waals surface area contributed by atoms with Crippen LogP contribution < -0.4 is 9.47 Å². The highest BCUT2D eigenvalue weighted by molar-refractivity contribution is 5.35. The molecule has 0 saturated heterocycles. The van der Waals surface area contributed by atoms with Crippen LogP contribution in [0.3, 0.4) is 0 Å². The van der Waals surface area contributed by atoms with Crippen LogP contribution in [0.5, 0.6) is 11.5 Å². The Bertz CT molecular complexity index is 527. The van der Waals surface area contributed by atoms with Crippen molar-refractivity contribution in [3.05, 3.63) is 60.2 Å². The summed E-state index contributed by atoms with van der Waals surface area (Å²) in [6, 6.07) is 16.8. The highest BCUT2D eigenvalue weighted by atomic mass is 16.5. The van der Waals surface area contributed by atoms with E-state index in [4.69, 9.17) is 14.2 Å². The number of aliphatic hydroxyl groups is 1. The van der Waals surface area contributed by atoms with Gasteiger partial charge in [0.1, 0.15) is 30.8 Å². The van der Waals surface area contributed by atoms with Gasteiger partial charge in [0.15, 0.2) is 0 Å². The number of ether oxygens (including phenoxy) is 3. The van der Waals surface area contributed by atoms with Crippen LogP contribution in [0.1, 0.15) is 11.7 Å². The van der Waals surface area contributed by atoms with E-state index in [1.54, 1.807) is 7.11 Å². The molecule has 0 radical (unpaired) electrons. The minimum atomic E-state index is -0.746. The Morgan fingerprint density at radius 2 is 1.62 bits per heavy atom. The van der Waals surface area contributed by atoms with E-state index >= 15 is 0 Å². The molecule has 0 saturated carbocycles. The Kier molecular flexibility index (Phi) is 6.06. The van der Waals surface area contributed by atoms with Gasteiger partial charge in [-0.1, -0.05) is 36.4 Å². The van der Waals surface area contributed by atoms with Crippen LogP contribution in [0, 0.1) is 0 Å². The molecule has 1 atom stereocenters. The molecule has 0 aromatic heterocycles. The summed E-state index contributed by atoms with van der Waals surface area (Å²) in [7, 11) is 1.62. The molecule has 21 heavy (non-hydrogen) atoms. The SMILES string of the molecule is COCCOc1ccccc1C(O)COc1ccccc1. The maximum absolute atomic E-state index is 10.3. The second kappa shape index (κ2) is 8.29. The summed E-state index contributed by atoms with van der Waals surface area (Å²) in [6.07, 6.45) is -0.746. The predicted molar refractivity (Wildman–Crippen MR) is 80.7 cm³/mol. The lowest BCUT2D eigenvalue weighted by Gasteiger charge is -2.16. The van der Waals surface area contributed by atoms with E-state index in [1.807, 2.05) is 54.6 Å². The topological polar surface area (TPSA) is 47.9 Å². The number of benzene rings is 2. The second-order valence-electron chi connectivity index (χ2n) is 4.52. The zero-order valence-electron chi connectivity index (χ0n) is 12.1. The maximum atomic E-state index is 10.3. The molecule has 4 heteroatoms. The van der Waals surface area contributed by atoms with Crippen molar-refractivity contribution in [2.75, 3.05) is 26.9 Å². The third-order valence-corrected chi connectivity index (χ3v) is 2.97. The second-order valence-corrected chi connectivity index (χ2v) is 4.52. The molecular formula is C17H20O4. The number of para-hydroxylation sites is 2. The molecule has 0 amide bonds. The zero-order chi connectivity index (χ0) is 14.9. The molecule has 0 spiro atoms. The van der Waals surface area contributed by atoms with Crippen molar-refractivity contribution in [3.63, 3.8) is 0 Å². The molecule has 2 rings (SSSR count). The lowest BCUT2D eigenvalue weighted by Crippen LogP contribution is -2.12. The summed E-state index contributed by atoms with van der Waals surface area (Å²) in [5.41, 5.74) is 0.713. The average molecular weight is 288 g/mol. The van der Waals surface area contributed by atoms with Gasteiger partial charge in [-0.3, -0.25) is 0 Å². The molecule has 0 bridgehead atoms. The van der Waals surface area contributed by atoms with Gasteiger partial charge in [0.25, 0.3) is 0 Å². The van der Waals surface area contributed by atoms with E-state index < -0.39 is 6.10 Å². The highest BCUT2D eigenvalue weighted by Crippen LogP contribution is 2.25. The lowest BCUT2D eigenvalue weighted by atomic mass is 10.1. The van der Waals surface area contributed by atoms with Crippen LogP contribution in [0.25, 0.3) is 0 Å². The van der Waals surface area contributed by atoms with Crippen molar-refractivity contribution in [1.29, 1.82) is 0 Å². The van der Waals surface area contributed by atoms with Crippen molar-refractivity contribution >= 4 is 0 Å². The number of hydrogen-bond donors (Lipinski definition) is 1. The predicted octanol–water partition coefficient (Wildman–Crippen LogP) is 2.82. The van der Waals surface area contributed by atoms with Gasteiger partial charge in [0.2, 0.25) is 0 Å². The molecule has 0 aliphatic heterocycles. The number of aliphatic hydroxyl groups excluding tert-OH is 1. The average Bonchev–Trinajstić information content (AvgIpc) is 2.54. The van der Waals surface area contributed by atoms with Crippen LogP contribution in [0.15, 0.2) is 54.6 Å². The van der Waals surface area contributed by atoms with E-state index in [9.17, 15) is 5.11 Å². The molecule has 112 valence electrons. The monoisotopic (exact) mass is 288 g/mol. The molecule has 0 aliphatic rings. The molecule has 2 aromatic rings. The van der Waals surface area contributed by atoms with Crippen molar-refractivity contribution < 1.29 is 19.3 Å². The van der Waals surface area contributed by atoms with Crippen molar-refractivity contribution in [2.24, 2.45) is 0 Å². The first-order chi connectivity index (χ1) is 10.3. The van der Waals surface area contributed by atoms with E-state index in [-0.39, 0.29) is 6.61 Å². The Labute approximate surface area is 124 Å². The van der Waals surface area contributed by atoms with Gasteiger partial charge < -0.3 is 19.3 Å². The third-order valence-electron chi connectivity index (χ3n) is 2.97. The summed E-state index contributed by atoms with van der Waals surface area (Å²) in [5.74, 6) is 1.38. The molecule has 4 nitrogen and oxygen atoms in total. The van der Waals surface area contributed by atoms with Gasteiger partial charge in [0, 0.05) is 12.7 Å². The Morgan fingerprint density at radius 1 is 0.905 bits per heavy atom. The molecule has 1 unspecified atom stereocenters. The van der Waals surface area contributed by atoms with Crippen LogP contribution in [-0.2, 0) is 4.74 Å². The van der Waals surface area contributed by atoms with Crippen molar-refractivity contribution in [1.82, 2.24) is 0 Å². The van der Waals surface area contributed by atoms with Gasteiger partial charge >= 0.3 is 0 Å². The van der Waals surface area contributed by atoms with Crippen molar-refractivity contribution in [2.45, 2.75) is 6.10 Å². The summed E-state index contributed by atoms with van der Waals surface area (Å²) < 4.78 is 16.1. The maximum Gasteiger partial charge on any atom is 0.125 e. The first kappa shape index (κ1) is 15.4. The molecule has 0 heterocycles. The Morgan fingerprint density at radius 3 is 2.38 bits per heavy atom. The molecule has 1 N–H and O–H groups in total. The lowest BCUT2D eigenvalue weighted by molar-refractivity contribution is 0.101. The minimum absolute atomic E-state index is 0.175. The standard InChI is InChI=1S/C17H20O4/c1-19-11-12-20-17-10-6-5-9-15(17)16(18)13-21-14-7-3-2-4-8-14/h2-10,16,18H,11-13H2,1H3. The smallest absolute Gasteiger partial charge is 0.125 e. The van der Waals surface area contributed by atoms with Gasteiger partial charge in [-0.05, 0) is 18.2 Å². The quantitative estimate of drug-likeness (QED) is 0.759. The summed E-state index contributed by atoms with van der Waals surface area (Å²) in [6.45, 7) is 1.12. The summed E-state index contributed by atoms with van der Waals surface area (Å²) in [5, 5.41) is 10.3. The van der Waals surface area contributed by atoms with E-state index in [0.29, 0.717) is 24.5 Å². The summed E-state index contributed by atoms with van der Waals surface area (Å²) in [4.78, 5) is 0. The van der Waals surface area contributed by atoms with Gasteiger partial charge in [-0.2, -0.15) is 0 Å². The van der Waals surface area contributed by atoms with E-state index in [1.165, 1.54) is 0 Å². The minimum Gasteiger partial charge on any atom is -0.491 e. The number of methoxy groups -OCH3 is 1. The number of rotatable bonds is 8. The third kappa shape index (κ3) is 4.77. The van der Waals surface area contributed by atoms with E-state index in [0.717, 1.165) is 5.75 Å². The molecule has 0 aliphatic carbocycles.